The number of hydrogen-bond acceptors (Lipinski definition) is 5. The van der Waals surface area contributed by atoms with Crippen molar-refractivity contribution in [1.29, 1.82) is 0 Å². The number of hydrogen-bond donors (Lipinski definition) is 4. The molecule has 1 heterocycles. The standard InChI is InChI=1S/C25H35ClN2O4S/c1-4-6-12-25(5-2)17-33(30,31)22-13-19(16-27-23(29)15-26)21(32-3)14-20(22)24(28-25)18-10-8-7-9-11-18/h7-11,13-14,24,28,30-31H,4-6,12,15-17H2,1-3H3,(H,27,29)/t24-,25-/m1/s1. The maximum Gasteiger partial charge on any atom is 0.235 e. The van der Waals surface area contributed by atoms with Crippen molar-refractivity contribution < 1.29 is 18.6 Å². The second kappa shape index (κ2) is 11.1. The molecule has 6 nitrogen and oxygen atoms in total. The lowest BCUT2D eigenvalue weighted by molar-refractivity contribution is -0.118. The minimum atomic E-state index is -3.12. The summed E-state index contributed by atoms with van der Waals surface area (Å²) in [5.41, 5.74) is 2.10. The average molecular weight is 495 g/mol. The Kier molecular flexibility index (Phi) is 8.70. The molecule has 1 aliphatic heterocycles. The van der Waals surface area contributed by atoms with Crippen molar-refractivity contribution in [3.8, 4) is 5.75 Å². The summed E-state index contributed by atoms with van der Waals surface area (Å²) >= 11 is 5.62. The number of halogens is 1. The molecule has 2 atom stereocenters. The highest BCUT2D eigenvalue weighted by Crippen LogP contribution is 2.58. The van der Waals surface area contributed by atoms with E-state index in [0.717, 1.165) is 36.8 Å². The van der Waals surface area contributed by atoms with Crippen molar-refractivity contribution in [1.82, 2.24) is 10.6 Å². The van der Waals surface area contributed by atoms with Crippen LogP contribution in [0.25, 0.3) is 0 Å². The number of amides is 1. The van der Waals surface area contributed by atoms with Crippen LogP contribution in [0.2, 0.25) is 0 Å². The summed E-state index contributed by atoms with van der Waals surface area (Å²) in [6.45, 7) is 4.44. The Morgan fingerprint density at radius 1 is 1.27 bits per heavy atom. The molecular formula is C25H35ClN2O4S. The van der Waals surface area contributed by atoms with E-state index in [9.17, 15) is 13.9 Å². The van der Waals surface area contributed by atoms with Crippen molar-refractivity contribution >= 4 is 28.1 Å². The molecule has 33 heavy (non-hydrogen) atoms. The first-order valence-electron chi connectivity index (χ1n) is 11.4. The zero-order valence-corrected chi connectivity index (χ0v) is 21.1. The highest BCUT2D eigenvalue weighted by molar-refractivity contribution is 8.24. The molecule has 2 aromatic carbocycles. The van der Waals surface area contributed by atoms with Crippen LogP contribution in [0.3, 0.4) is 0 Å². The van der Waals surface area contributed by atoms with Gasteiger partial charge < -0.3 is 10.1 Å². The highest BCUT2D eigenvalue weighted by atomic mass is 35.5. The molecule has 0 unspecified atom stereocenters. The molecular weight excluding hydrogens is 460 g/mol. The van der Waals surface area contributed by atoms with Crippen molar-refractivity contribution in [2.75, 3.05) is 18.7 Å². The van der Waals surface area contributed by atoms with E-state index in [1.165, 1.54) is 0 Å². The van der Waals surface area contributed by atoms with Gasteiger partial charge >= 0.3 is 0 Å². The number of unbranched alkanes of at least 4 members (excludes halogenated alkanes) is 1. The van der Waals surface area contributed by atoms with Crippen LogP contribution in [0, 0.1) is 0 Å². The fourth-order valence-electron chi connectivity index (χ4n) is 4.53. The van der Waals surface area contributed by atoms with Crippen LogP contribution in [-0.2, 0) is 11.3 Å². The summed E-state index contributed by atoms with van der Waals surface area (Å²) in [4.78, 5) is 12.2. The number of benzene rings is 2. The second-order valence-corrected chi connectivity index (χ2v) is 11.0. The number of fused-ring (bicyclic) bond motifs is 1. The molecule has 2 aromatic rings. The molecule has 4 N–H and O–H groups in total. The minimum absolute atomic E-state index is 0.140. The largest absolute Gasteiger partial charge is 0.496 e. The van der Waals surface area contributed by atoms with Gasteiger partial charge in [-0.15, -0.1) is 11.6 Å². The van der Waals surface area contributed by atoms with Crippen molar-refractivity contribution in [3.05, 3.63) is 59.2 Å². The van der Waals surface area contributed by atoms with Crippen LogP contribution in [0.15, 0.2) is 47.4 Å². The maximum atomic E-state index is 11.7. The molecule has 0 bridgehead atoms. The van der Waals surface area contributed by atoms with E-state index < -0.39 is 16.1 Å². The molecule has 0 saturated heterocycles. The molecule has 0 saturated carbocycles. The molecule has 1 amide bonds. The number of nitrogens with one attached hydrogen (secondary N) is 2. The van der Waals surface area contributed by atoms with Gasteiger partial charge in [0.05, 0.1) is 23.8 Å². The van der Waals surface area contributed by atoms with Crippen molar-refractivity contribution in [2.24, 2.45) is 0 Å². The lowest BCUT2D eigenvalue weighted by Gasteiger charge is -2.42. The maximum absolute atomic E-state index is 11.7. The van der Waals surface area contributed by atoms with Crippen molar-refractivity contribution in [3.63, 3.8) is 0 Å². The lowest BCUT2D eigenvalue weighted by Crippen LogP contribution is -2.49. The van der Waals surface area contributed by atoms with Gasteiger partial charge in [-0.25, -0.2) is 0 Å². The van der Waals surface area contributed by atoms with E-state index in [1.54, 1.807) is 13.2 Å². The van der Waals surface area contributed by atoms with Gasteiger partial charge in [0, 0.05) is 23.2 Å². The predicted octanol–water partition coefficient (Wildman–Crippen LogP) is 5.69. The summed E-state index contributed by atoms with van der Waals surface area (Å²) in [6, 6.07) is 13.5. The number of carbonyl (C=O) groups excluding carboxylic acids is 1. The third kappa shape index (κ3) is 5.84. The molecule has 1 aliphatic rings. The van der Waals surface area contributed by atoms with Gasteiger partial charge in [-0.2, -0.15) is 10.6 Å². The third-order valence-corrected chi connectivity index (χ3v) is 8.68. The van der Waals surface area contributed by atoms with Gasteiger partial charge in [0.1, 0.15) is 11.6 Å². The fraction of sp³-hybridized carbons (Fsp3) is 0.480. The van der Waals surface area contributed by atoms with Crippen LogP contribution in [0.4, 0.5) is 0 Å². The first kappa shape index (κ1) is 25.8. The molecule has 0 aromatic heterocycles. The number of rotatable bonds is 9. The average Bonchev–Trinajstić information content (AvgIpc) is 2.93. The Bertz CT molecular complexity index is 957. The Hall–Kier alpha value is -1.77. The van der Waals surface area contributed by atoms with E-state index in [-0.39, 0.29) is 30.1 Å². The summed E-state index contributed by atoms with van der Waals surface area (Å²) in [7, 11) is -1.54. The minimum Gasteiger partial charge on any atom is -0.496 e. The van der Waals surface area contributed by atoms with Gasteiger partial charge in [-0.3, -0.25) is 19.2 Å². The first-order chi connectivity index (χ1) is 15.8. The predicted molar refractivity (Wildman–Crippen MR) is 136 cm³/mol. The third-order valence-electron chi connectivity index (χ3n) is 6.42. The molecule has 8 heteroatoms. The SMILES string of the molecule is CCCC[C@]1(CC)CS(O)(O)c2cc(CNC(=O)CCl)c(OC)cc2[C@@H](c2ccccc2)N1. The summed E-state index contributed by atoms with van der Waals surface area (Å²) in [6.07, 6.45) is 3.65. The van der Waals surface area contributed by atoms with Gasteiger partial charge in [-0.05, 0) is 30.5 Å². The Morgan fingerprint density at radius 2 is 2.00 bits per heavy atom. The lowest BCUT2D eigenvalue weighted by atomic mass is 9.88. The fourth-order valence-corrected chi connectivity index (χ4v) is 6.87. The van der Waals surface area contributed by atoms with Gasteiger partial charge in [-0.1, -0.05) is 57.0 Å². The van der Waals surface area contributed by atoms with Crippen LogP contribution in [0.1, 0.15) is 62.3 Å². The normalized spacial score (nSPS) is 22.7. The summed E-state index contributed by atoms with van der Waals surface area (Å²) in [5, 5.41) is 6.58. The van der Waals surface area contributed by atoms with E-state index in [0.29, 0.717) is 16.2 Å². The second-order valence-electron chi connectivity index (χ2n) is 8.65. The molecule has 0 aliphatic carbocycles. The number of methoxy groups -OCH3 is 1. The molecule has 0 radical (unpaired) electrons. The van der Waals surface area contributed by atoms with Crippen LogP contribution in [-0.4, -0.2) is 39.3 Å². The zero-order valence-electron chi connectivity index (χ0n) is 19.6. The van der Waals surface area contributed by atoms with Crippen LogP contribution < -0.4 is 15.4 Å². The Labute approximate surface area is 203 Å². The number of alkyl halides is 1. The quantitative estimate of drug-likeness (QED) is 0.336. The van der Waals surface area contributed by atoms with E-state index in [2.05, 4.69) is 36.6 Å². The Morgan fingerprint density at radius 3 is 2.61 bits per heavy atom. The number of carbonyl (C=O) groups is 1. The van der Waals surface area contributed by atoms with Crippen LogP contribution >= 0.6 is 22.2 Å². The first-order valence-corrected chi connectivity index (χ1v) is 13.7. The van der Waals surface area contributed by atoms with Crippen LogP contribution in [0.5, 0.6) is 5.75 Å². The van der Waals surface area contributed by atoms with Gasteiger partial charge in [0.2, 0.25) is 5.91 Å². The smallest absolute Gasteiger partial charge is 0.235 e. The number of ether oxygens (including phenoxy) is 1. The molecule has 0 fully saturated rings. The Balaban J connectivity index is 2.18. The molecule has 0 spiro atoms. The van der Waals surface area contributed by atoms with E-state index in [1.807, 2.05) is 24.3 Å². The summed E-state index contributed by atoms with van der Waals surface area (Å²) < 4.78 is 28.6. The van der Waals surface area contributed by atoms with E-state index in [4.69, 9.17) is 16.3 Å². The highest BCUT2D eigenvalue weighted by Gasteiger charge is 2.42. The molecule has 182 valence electrons. The monoisotopic (exact) mass is 494 g/mol. The zero-order chi connectivity index (χ0) is 24.1. The van der Waals surface area contributed by atoms with Crippen molar-refractivity contribution in [2.45, 2.75) is 62.6 Å². The van der Waals surface area contributed by atoms with Gasteiger partial charge in [0.25, 0.3) is 0 Å². The molecule has 3 rings (SSSR count). The van der Waals surface area contributed by atoms with E-state index >= 15 is 0 Å². The topological polar surface area (TPSA) is 90.8 Å². The van der Waals surface area contributed by atoms with Gasteiger partial charge in [0.15, 0.2) is 0 Å². The summed E-state index contributed by atoms with van der Waals surface area (Å²) in [5.74, 6) is 0.388.